The van der Waals surface area contributed by atoms with Gasteiger partial charge in [0.25, 0.3) is 5.91 Å². The lowest BCUT2D eigenvalue weighted by Crippen LogP contribution is -2.61. The molecular formula is C22H29NO5S. The average molecular weight is 420 g/mol. The first-order chi connectivity index (χ1) is 13.6. The van der Waals surface area contributed by atoms with Gasteiger partial charge >= 0.3 is 5.97 Å². The molecule has 0 saturated heterocycles. The molecule has 1 aromatic rings. The highest BCUT2D eigenvalue weighted by molar-refractivity contribution is 7.89. The Labute approximate surface area is 172 Å². The van der Waals surface area contributed by atoms with Crippen molar-refractivity contribution in [1.29, 1.82) is 0 Å². The minimum absolute atomic E-state index is 0.123. The summed E-state index contributed by atoms with van der Waals surface area (Å²) in [5.74, 6) is 1.16. The molecule has 0 heterocycles. The Morgan fingerprint density at radius 3 is 2.28 bits per heavy atom. The van der Waals surface area contributed by atoms with Gasteiger partial charge in [-0.1, -0.05) is 12.1 Å². The van der Waals surface area contributed by atoms with Crippen LogP contribution in [0.25, 0.3) is 0 Å². The van der Waals surface area contributed by atoms with Crippen molar-refractivity contribution in [2.24, 2.45) is 17.8 Å². The van der Waals surface area contributed by atoms with E-state index in [2.05, 4.69) is 5.32 Å². The standard InChI is InChI=1S/C22H29NO5S/c1-14(28-21(25)19-5-3-4-15(9-19)13-29(2,26)27)20(24)23-22-10-16-6-17(11-22)8-18(7-16)12-22/h3-5,9,14,16-18H,6-8,10-13H2,1-2H3,(H,23,24)/t14-,16?,17?,18?,22?/m1/s1. The van der Waals surface area contributed by atoms with Crippen LogP contribution < -0.4 is 5.32 Å². The van der Waals surface area contributed by atoms with E-state index in [1.54, 1.807) is 25.1 Å². The van der Waals surface area contributed by atoms with E-state index in [9.17, 15) is 18.0 Å². The van der Waals surface area contributed by atoms with E-state index in [0.717, 1.165) is 43.3 Å². The van der Waals surface area contributed by atoms with Gasteiger partial charge in [-0.3, -0.25) is 4.79 Å². The zero-order valence-corrected chi connectivity index (χ0v) is 17.8. The molecule has 1 aromatic carbocycles. The summed E-state index contributed by atoms with van der Waals surface area (Å²) in [6, 6.07) is 6.35. The van der Waals surface area contributed by atoms with Crippen LogP contribution in [0.4, 0.5) is 0 Å². The van der Waals surface area contributed by atoms with Gasteiger partial charge in [0.2, 0.25) is 0 Å². The van der Waals surface area contributed by atoms with E-state index >= 15 is 0 Å². The maximum absolute atomic E-state index is 12.8. The fraction of sp³-hybridized carbons (Fsp3) is 0.636. The maximum Gasteiger partial charge on any atom is 0.338 e. The molecule has 0 radical (unpaired) electrons. The predicted octanol–water partition coefficient (Wildman–Crippen LogP) is 2.86. The van der Waals surface area contributed by atoms with Crippen molar-refractivity contribution in [2.75, 3.05) is 6.26 Å². The number of rotatable bonds is 6. The normalized spacial score (nSPS) is 31.3. The van der Waals surface area contributed by atoms with Crippen LogP contribution in [0, 0.1) is 17.8 Å². The lowest BCUT2D eigenvalue weighted by molar-refractivity contribution is -0.134. The molecule has 4 aliphatic rings. The van der Waals surface area contributed by atoms with Crippen molar-refractivity contribution in [3.8, 4) is 0 Å². The molecule has 0 aliphatic heterocycles. The summed E-state index contributed by atoms with van der Waals surface area (Å²) in [5, 5.41) is 3.23. The summed E-state index contributed by atoms with van der Waals surface area (Å²) < 4.78 is 28.4. The highest BCUT2D eigenvalue weighted by Gasteiger charge is 2.51. The quantitative estimate of drug-likeness (QED) is 0.716. The number of ether oxygens (including phenoxy) is 1. The van der Waals surface area contributed by atoms with Gasteiger partial charge in [0.15, 0.2) is 15.9 Å². The SMILES string of the molecule is C[C@@H](OC(=O)c1cccc(CS(C)(=O)=O)c1)C(=O)NC12CC3CC(CC(C3)C1)C2. The van der Waals surface area contributed by atoms with Gasteiger partial charge in [0, 0.05) is 11.8 Å². The summed E-state index contributed by atoms with van der Waals surface area (Å²) >= 11 is 0. The summed E-state index contributed by atoms with van der Waals surface area (Å²) in [7, 11) is -3.20. The van der Waals surface area contributed by atoms with Crippen molar-refractivity contribution < 1.29 is 22.7 Å². The third kappa shape index (κ3) is 4.65. The van der Waals surface area contributed by atoms with E-state index < -0.39 is 21.9 Å². The van der Waals surface area contributed by atoms with Crippen LogP contribution in [0.2, 0.25) is 0 Å². The molecule has 4 saturated carbocycles. The lowest BCUT2D eigenvalue weighted by atomic mass is 9.53. The van der Waals surface area contributed by atoms with Crippen LogP contribution in [-0.2, 0) is 25.1 Å². The van der Waals surface area contributed by atoms with Gasteiger partial charge in [-0.2, -0.15) is 0 Å². The van der Waals surface area contributed by atoms with Crippen LogP contribution in [0.5, 0.6) is 0 Å². The van der Waals surface area contributed by atoms with Gasteiger partial charge in [-0.15, -0.1) is 0 Å². The second-order valence-electron chi connectivity index (χ2n) is 9.51. The number of hydrogen-bond donors (Lipinski definition) is 1. The Bertz CT molecular complexity index is 888. The first-order valence-electron chi connectivity index (χ1n) is 10.4. The second kappa shape index (κ2) is 7.42. The molecule has 4 fully saturated rings. The van der Waals surface area contributed by atoms with Crippen LogP contribution in [0.1, 0.15) is 61.4 Å². The fourth-order valence-electron chi connectivity index (χ4n) is 6.00. The van der Waals surface area contributed by atoms with E-state index in [4.69, 9.17) is 4.74 Å². The van der Waals surface area contributed by atoms with Gasteiger partial charge in [-0.25, -0.2) is 13.2 Å². The molecule has 1 amide bonds. The summed E-state index contributed by atoms with van der Waals surface area (Å²) in [6.45, 7) is 1.59. The van der Waals surface area contributed by atoms with Crippen molar-refractivity contribution >= 4 is 21.7 Å². The first kappa shape index (κ1) is 20.4. The molecule has 1 atom stereocenters. The monoisotopic (exact) mass is 419 g/mol. The first-order valence-corrected chi connectivity index (χ1v) is 12.5. The van der Waals surface area contributed by atoms with Crippen LogP contribution >= 0.6 is 0 Å². The third-order valence-electron chi connectivity index (χ3n) is 6.67. The smallest absolute Gasteiger partial charge is 0.338 e. The molecule has 4 bridgehead atoms. The predicted molar refractivity (Wildman–Crippen MR) is 109 cm³/mol. The van der Waals surface area contributed by atoms with Crippen LogP contribution in [-0.4, -0.2) is 38.2 Å². The van der Waals surface area contributed by atoms with Crippen molar-refractivity contribution in [2.45, 2.75) is 62.8 Å². The zero-order valence-electron chi connectivity index (χ0n) is 17.0. The number of sulfone groups is 1. The summed E-state index contributed by atoms with van der Waals surface area (Å²) in [4.78, 5) is 25.3. The Kier molecular flexibility index (Phi) is 5.21. The molecule has 0 aromatic heterocycles. The number of hydrogen-bond acceptors (Lipinski definition) is 5. The van der Waals surface area contributed by atoms with E-state index in [0.29, 0.717) is 5.56 Å². The second-order valence-corrected chi connectivity index (χ2v) is 11.6. The van der Waals surface area contributed by atoms with Crippen molar-refractivity contribution in [1.82, 2.24) is 5.32 Å². The topological polar surface area (TPSA) is 89.5 Å². The highest BCUT2D eigenvalue weighted by Crippen LogP contribution is 2.55. The lowest BCUT2D eigenvalue weighted by Gasteiger charge is -2.57. The molecule has 6 nitrogen and oxygen atoms in total. The van der Waals surface area contributed by atoms with Gasteiger partial charge in [0.05, 0.1) is 11.3 Å². The number of carbonyl (C=O) groups is 2. The molecule has 158 valence electrons. The zero-order chi connectivity index (χ0) is 20.8. The number of benzene rings is 1. The van der Waals surface area contributed by atoms with E-state index in [1.807, 2.05) is 0 Å². The van der Waals surface area contributed by atoms with Gasteiger partial charge < -0.3 is 10.1 Å². The Hall–Kier alpha value is -1.89. The number of esters is 1. The summed E-state index contributed by atoms with van der Waals surface area (Å²) in [6.07, 6.45) is 7.26. The van der Waals surface area contributed by atoms with Gasteiger partial charge in [-0.05, 0) is 80.9 Å². The average Bonchev–Trinajstić information content (AvgIpc) is 2.58. The number of carbonyl (C=O) groups excluding carboxylic acids is 2. The number of nitrogens with one attached hydrogen (secondary N) is 1. The highest BCUT2D eigenvalue weighted by atomic mass is 32.2. The largest absolute Gasteiger partial charge is 0.449 e. The molecular weight excluding hydrogens is 390 g/mol. The van der Waals surface area contributed by atoms with Crippen molar-refractivity contribution in [3.63, 3.8) is 0 Å². The van der Waals surface area contributed by atoms with E-state index in [1.165, 1.54) is 25.3 Å². The number of amides is 1. The summed E-state index contributed by atoms with van der Waals surface area (Å²) in [5.41, 5.74) is 0.648. The van der Waals surface area contributed by atoms with Gasteiger partial charge in [0.1, 0.15) is 0 Å². The van der Waals surface area contributed by atoms with Crippen molar-refractivity contribution in [3.05, 3.63) is 35.4 Å². The van der Waals surface area contributed by atoms with Crippen LogP contribution in [0.15, 0.2) is 24.3 Å². The third-order valence-corrected chi connectivity index (χ3v) is 7.53. The maximum atomic E-state index is 12.8. The molecule has 5 rings (SSSR count). The van der Waals surface area contributed by atoms with E-state index in [-0.39, 0.29) is 22.8 Å². The Morgan fingerprint density at radius 1 is 1.14 bits per heavy atom. The molecule has 0 unspecified atom stereocenters. The molecule has 4 aliphatic carbocycles. The molecule has 7 heteroatoms. The molecule has 29 heavy (non-hydrogen) atoms. The minimum Gasteiger partial charge on any atom is -0.449 e. The minimum atomic E-state index is -3.20. The Morgan fingerprint density at radius 2 is 1.72 bits per heavy atom. The molecule has 1 N–H and O–H groups in total. The molecule has 0 spiro atoms. The fourth-order valence-corrected chi connectivity index (χ4v) is 6.78. The Balaban J connectivity index is 1.38. The van der Waals surface area contributed by atoms with Crippen LogP contribution in [0.3, 0.4) is 0 Å².